The molecule has 1 atom stereocenters. The van der Waals surface area contributed by atoms with Gasteiger partial charge in [0, 0.05) is 24.7 Å². The minimum Gasteiger partial charge on any atom is -0.444 e. The molecule has 0 aliphatic rings. The van der Waals surface area contributed by atoms with Crippen molar-refractivity contribution in [3.05, 3.63) is 35.4 Å². The summed E-state index contributed by atoms with van der Waals surface area (Å²) >= 11 is 0. The maximum absolute atomic E-state index is 12.4. The Hall–Kier alpha value is -1.69. The quantitative estimate of drug-likeness (QED) is 0.843. The molecule has 0 aliphatic heterocycles. The predicted molar refractivity (Wildman–Crippen MR) is 81.9 cm³/mol. The van der Waals surface area contributed by atoms with Gasteiger partial charge in [-0.2, -0.15) is 0 Å². The fourth-order valence-electron chi connectivity index (χ4n) is 1.70. The van der Waals surface area contributed by atoms with Crippen molar-refractivity contribution in [2.45, 2.75) is 52.3 Å². The van der Waals surface area contributed by atoms with Crippen LogP contribution in [-0.4, -0.2) is 24.3 Å². The van der Waals surface area contributed by atoms with Gasteiger partial charge in [-0.1, -0.05) is 24.3 Å². The van der Waals surface area contributed by atoms with Crippen LogP contribution >= 0.6 is 0 Å². The van der Waals surface area contributed by atoms with Gasteiger partial charge in [0.2, 0.25) is 0 Å². The summed E-state index contributed by atoms with van der Waals surface area (Å²) in [5.41, 5.74) is 0.407. The number of rotatable bonds is 6. The van der Waals surface area contributed by atoms with Crippen LogP contribution in [0.25, 0.3) is 0 Å². The summed E-state index contributed by atoms with van der Waals surface area (Å²) in [7, 11) is 0. The highest BCUT2D eigenvalue weighted by Gasteiger charge is 2.16. The highest BCUT2D eigenvalue weighted by atomic mass is 19.3. The molecule has 1 aromatic carbocycles. The number of benzene rings is 1. The zero-order valence-electron chi connectivity index (χ0n) is 13.5. The Labute approximate surface area is 130 Å². The van der Waals surface area contributed by atoms with Gasteiger partial charge < -0.3 is 15.4 Å². The Bertz CT molecular complexity index is 470. The largest absolute Gasteiger partial charge is 0.444 e. The van der Waals surface area contributed by atoms with E-state index in [4.69, 9.17) is 4.74 Å². The number of halogens is 2. The third-order valence-corrected chi connectivity index (χ3v) is 2.84. The van der Waals surface area contributed by atoms with Gasteiger partial charge in [-0.25, -0.2) is 13.6 Å². The number of ether oxygens (including phenoxy) is 1. The zero-order valence-corrected chi connectivity index (χ0v) is 13.5. The van der Waals surface area contributed by atoms with Crippen LogP contribution in [0, 0.1) is 0 Å². The molecule has 0 saturated carbocycles. The molecule has 0 heterocycles. The molecule has 0 spiro atoms. The molecule has 1 rings (SSSR count). The van der Waals surface area contributed by atoms with Crippen molar-refractivity contribution in [3.8, 4) is 0 Å². The summed E-state index contributed by atoms with van der Waals surface area (Å²) in [6.45, 7) is 8.29. The van der Waals surface area contributed by atoms with E-state index >= 15 is 0 Å². The number of nitrogens with one attached hydrogen (secondary N) is 2. The molecule has 0 radical (unpaired) electrons. The number of amides is 1. The zero-order chi connectivity index (χ0) is 16.8. The summed E-state index contributed by atoms with van der Waals surface area (Å²) in [6.07, 6.45) is -2.90. The van der Waals surface area contributed by atoms with E-state index in [1.54, 1.807) is 32.9 Å². The first-order valence-electron chi connectivity index (χ1n) is 7.24. The molecule has 0 aliphatic carbocycles. The smallest absolute Gasteiger partial charge is 0.407 e. The molecule has 0 saturated heterocycles. The lowest BCUT2D eigenvalue weighted by Crippen LogP contribution is -2.40. The van der Waals surface area contributed by atoms with Gasteiger partial charge in [0.1, 0.15) is 5.60 Å². The van der Waals surface area contributed by atoms with Crippen LogP contribution in [0.3, 0.4) is 0 Å². The SMILES string of the molecule is CC(CNC(=O)OC(C)(C)C)NCc1ccc(C(F)F)cc1. The fourth-order valence-corrected chi connectivity index (χ4v) is 1.70. The standard InChI is InChI=1S/C16H24F2N2O2/c1-11(9-20-15(21)22-16(2,3)4)19-10-12-5-7-13(8-6-12)14(17)18/h5-8,11,14,19H,9-10H2,1-4H3,(H,20,21). The topological polar surface area (TPSA) is 50.4 Å². The average molecular weight is 314 g/mol. The van der Waals surface area contributed by atoms with Crippen LogP contribution in [0.2, 0.25) is 0 Å². The number of hydrogen-bond acceptors (Lipinski definition) is 3. The first-order valence-corrected chi connectivity index (χ1v) is 7.24. The van der Waals surface area contributed by atoms with Crippen molar-refractivity contribution < 1.29 is 18.3 Å². The summed E-state index contributed by atoms with van der Waals surface area (Å²) in [4.78, 5) is 11.5. The third kappa shape index (κ3) is 7.36. The number of carbonyl (C=O) groups is 1. The molecule has 1 amide bonds. The van der Waals surface area contributed by atoms with Crippen LogP contribution in [0.15, 0.2) is 24.3 Å². The molecule has 0 aromatic heterocycles. The number of carbonyl (C=O) groups excluding carboxylic acids is 1. The van der Waals surface area contributed by atoms with Crippen LogP contribution in [-0.2, 0) is 11.3 Å². The Morgan fingerprint density at radius 2 is 1.82 bits per heavy atom. The van der Waals surface area contributed by atoms with Crippen molar-refractivity contribution in [3.63, 3.8) is 0 Å². The van der Waals surface area contributed by atoms with Gasteiger partial charge in [0.05, 0.1) is 0 Å². The van der Waals surface area contributed by atoms with Crippen molar-refractivity contribution in [2.24, 2.45) is 0 Å². The van der Waals surface area contributed by atoms with Crippen LogP contribution < -0.4 is 10.6 Å². The van der Waals surface area contributed by atoms with E-state index in [0.717, 1.165) is 5.56 Å². The Morgan fingerprint density at radius 3 is 2.32 bits per heavy atom. The summed E-state index contributed by atoms with van der Waals surface area (Å²) in [5, 5.41) is 5.88. The molecule has 22 heavy (non-hydrogen) atoms. The van der Waals surface area contributed by atoms with Crippen LogP contribution in [0.1, 0.15) is 45.2 Å². The van der Waals surface area contributed by atoms with Crippen molar-refractivity contribution >= 4 is 6.09 Å². The van der Waals surface area contributed by atoms with E-state index in [2.05, 4.69) is 10.6 Å². The second-order valence-corrected chi connectivity index (χ2v) is 6.21. The fraction of sp³-hybridized carbons (Fsp3) is 0.562. The molecule has 0 bridgehead atoms. The van der Waals surface area contributed by atoms with Crippen molar-refractivity contribution in [2.75, 3.05) is 6.54 Å². The first-order chi connectivity index (χ1) is 10.2. The lowest BCUT2D eigenvalue weighted by Gasteiger charge is -2.21. The Balaban J connectivity index is 2.31. The summed E-state index contributed by atoms with van der Waals surface area (Å²) < 4.78 is 30.0. The number of hydrogen-bond donors (Lipinski definition) is 2. The maximum Gasteiger partial charge on any atom is 0.407 e. The molecule has 1 aromatic rings. The highest BCUT2D eigenvalue weighted by Crippen LogP contribution is 2.18. The van der Waals surface area contributed by atoms with E-state index in [0.29, 0.717) is 13.1 Å². The van der Waals surface area contributed by atoms with E-state index in [1.165, 1.54) is 12.1 Å². The second kappa shape index (κ2) is 8.08. The second-order valence-electron chi connectivity index (χ2n) is 6.21. The highest BCUT2D eigenvalue weighted by molar-refractivity contribution is 5.67. The molecule has 124 valence electrons. The minimum absolute atomic E-state index is 0.0170. The number of alkyl halides is 2. The third-order valence-electron chi connectivity index (χ3n) is 2.84. The van der Waals surface area contributed by atoms with Gasteiger partial charge in [-0.15, -0.1) is 0 Å². The molecular weight excluding hydrogens is 290 g/mol. The predicted octanol–water partition coefficient (Wildman–Crippen LogP) is 3.63. The summed E-state index contributed by atoms with van der Waals surface area (Å²) in [5.74, 6) is 0. The Morgan fingerprint density at radius 1 is 1.23 bits per heavy atom. The van der Waals surface area contributed by atoms with Gasteiger partial charge in [0.15, 0.2) is 0 Å². The molecule has 2 N–H and O–H groups in total. The van der Waals surface area contributed by atoms with Gasteiger partial charge in [0.25, 0.3) is 6.43 Å². The normalized spacial score (nSPS) is 13.0. The average Bonchev–Trinajstić information content (AvgIpc) is 2.41. The molecule has 4 nitrogen and oxygen atoms in total. The van der Waals surface area contributed by atoms with Gasteiger partial charge in [-0.3, -0.25) is 0 Å². The van der Waals surface area contributed by atoms with Crippen LogP contribution in [0.4, 0.5) is 13.6 Å². The van der Waals surface area contributed by atoms with E-state index in [1.807, 2.05) is 6.92 Å². The van der Waals surface area contributed by atoms with Gasteiger partial charge in [-0.05, 0) is 33.3 Å². The Kier molecular flexibility index (Phi) is 6.74. The molecule has 1 unspecified atom stereocenters. The molecular formula is C16H24F2N2O2. The number of alkyl carbamates (subject to hydrolysis) is 1. The summed E-state index contributed by atoms with van der Waals surface area (Å²) in [6, 6.07) is 6.21. The lowest BCUT2D eigenvalue weighted by atomic mass is 10.1. The monoisotopic (exact) mass is 314 g/mol. The van der Waals surface area contributed by atoms with E-state index in [-0.39, 0.29) is 11.6 Å². The molecule has 6 heteroatoms. The molecule has 0 fully saturated rings. The van der Waals surface area contributed by atoms with Gasteiger partial charge >= 0.3 is 6.09 Å². The van der Waals surface area contributed by atoms with Crippen molar-refractivity contribution in [1.82, 2.24) is 10.6 Å². The lowest BCUT2D eigenvalue weighted by molar-refractivity contribution is 0.0523. The van der Waals surface area contributed by atoms with Crippen molar-refractivity contribution in [1.29, 1.82) is 0 Å². The maximum atomic E-state index is 12.4. The minimum atomic E-state index is -2.45. The van der Waals surface area contributed by atoms with E-state index in [9.17, 15) is 13.6 Å². The van der Waals surface area contributed by atoms with E-state index < -0.39 is 18.1 Å². The first kappa shape index (κ1) is 18.4. The van der Waals surface area contributed by atoms with Crippen LogP contribution in [0.5, 0.6) is 0 Å².